The molecule has 5 heteroatoms. The Labute approximate surface area is 58.3 Å². The van der Waals surface area contributed by atoms with E-state index in [9.17, 15) is 13.2 Å². The Balaban J connectivity index is 2.61. The van der Waals surface area contributed by atoms with Crippen molar-refractivity contribution in [1.29, 1.82) is 0 Å². The predicted molar refractivity (Wildman–Crippen MR) is 34.2 cm³/mol. The number of alkyl halides is 3. The molecule has 9 heavy (non-hydrogen) atoms. The second-order valence-electron chi connectivity index (χ2n) is 1.43. The number of rotatable bonds is 0. The molecule has 0 fully saturated rings. The molecule has 0 saturated carbocycles. The first kappa shape index (κ1) is 7.34. The standard InChI is InChI=1S/C4H3F3S2/c5-4(6,7)3-1-2-8-9-3/h1H,2H2. The van der Waals surface area contributed by atoms with Crippen molar-refractivity contribution in [2.75, 3.05) is 5.75 Å². The Morgan fingerprint density at radius 2 is 2.11 bits per heavy atom. The quantitative estimate of drug-likeness (QED) is 0.515. The first-order valence-corrected chi connectivity index (χ1v) is 4.49. The summed E-state index contributed by atoms with van der Waals surface area (Å²) < 4.78 is 35.0. The highest BCUT2D eigenvalue weighted by molar-refractivity contribution is 8.78. The van der Waals surface area contributed by atoms with Gasteiger partial charge in [0.25, 0.3) is 0 Å². The summed E-state index contributed by atoms with van der Waals surface area (Å²) in [6, 6.07) is 0. The third-order valence-corrected chi connectivity index (χ3v) is 3.06. The molecule has 0 aromatic heterocycles. The smallest absolute Gasteiger partial charge is 0.166 e. The number of halogens is 3. The van der Waals surface area contributed by atoms with Crippen molar-refractivity contribution >= 4 is 21.6 Å². The van der Waals surface area contributed by atoms with Gasteiger partial charge in [-0.3, -0.25) is 0 Å². The molecule has 0 radical (unpaired) electrons. The summed E-state index contributed by atoms with van der Waals surface area (Å²) in [6.45, 7) is 0. The molecule has 0 saturated heterocycles. The molecule has 1 rings (SSSR count). The van der Waals surface area contributed by atoms with Gasteiger partial charge in [-0.1, -0.05) is 27.7 Å². The highest BCUT2D eigenvalue weighted by Gasteiger charge is 2.35. The molecule has 0 aliphatic carbocycles. The Morgan fingerprint density at radius 3 is 2.33 bits per heavy atom. The molecule has 0 atom stereocenters. The summed E-state index contributed by atoms with van der Waals surface area (Å²) in [5.74, 6) is 0.472. The van der Waals surface area contributed by atoms with Gasteiger partial charge in [-0.05, 0) is 0 Å². The van der Waals surface area contributed by atoms with E-state index in [1.807, 2.05) is 0 Å². The minimum absolute atomic E-state index is 0.465. The van der Waals surface area contributed by atoms with Gasteiger partial charge < -0.3 is 0 Å². The van der Waals surface area contributed by atoms with Crippen LogP contribution in [0.1, 0.15) is 0 Å². The maximum Gasteiger partial charge on any atom is 0.422 e. The van der Waals surface area contributed by atoms with Crippen LogP contribution in [0, 0.1) is 0 Å². The summed E-state index contributed by atoms with van der Waals surface area (Å²) >= 11 is 0. The van der Waals surface area contributed by atoms with Gasteiger partial charge in [0, 0.05) is 5.75 Å². The van der Waals surface area contributed by atoms with Crippen molar-refractivity contribution in [1.82, 2.24) is 0 Å². The first-order valence-electron chi connectivity index (χ1n) is 2.17. The molecule has 1 heterocycles. The largest absolute Gasteiger partial charge is 0.422 e. The van der Waals surface area contributed by atoms with Crippen molar-refractivity contribution in [3.63, 3.8) is 0 Å². The monoisotopic (exact) mass is 172 g/mol. The Kier molecular flexibility index (Phi) is 2.00. The lowest BCUT2D eigenvalue weighted by molar-refractivity contribution is -0.0834. The van der Waals surface area contributed by atoms with E-state index in [1.165, 1.54) is 16.9 Å². The van der Waals surface area contributed by atoms with Crippen LogP contribution in [-0.4, -0.2) is 11.9 Å². The van der Waals surface area contributed by atoms with Crippen LogP contribution in [0.3, 0.4) is 0 Å². The zero-order valence-electron chi connectivity index (χ0n) is 4.23. The molecule has 0 unspecified atom stereocenters. The van der Waals surface area contributed by atoms with Crippen LogP contribution in [0.25, 0.3) is 0 Å². The van der Waals surface area contributed by atoms with Gasteiger partial charge in [0.2, 0.25) is 0 Å². The zero-order valence-corrected chi connectivity index (χ0v) is 5.87. The average Bonchev–Trinajstić information content (AvgIpc) is 2.08. The molecule has 0 amide bonds. The van der Waals surface area contributed by atoms with E-state index in [0.29, 0.717) is 5.75 Å². The first-order chi connectivity index (χ1) is 4.11. The lowest BCUT2D eigenvalue weighted by Crippen LogP contribution is -2.06. The summed E-state index contributed by atoms with van der Waals surface area (Å²) in [7, 11) is 2.02. The van der Waals surface area contributed by atoms with E-state index < -0.39 is 11.1 Å². The third-order valence-electron chi connectivity index (χ3n) is 0.765. The van der Waals surface area contributed by atoms with Crippen LogP contribution in [0.2, 0.25) is 0 Å². The fourth-order valence-electron chi connectivity index (χ4n) is 0.404. The van der Waals surface area contributed by atoms with Crippen molar-refractivity contribution in [3.05, 3.63) is 11.0 Å². The Hall–Kier alpha value is 0.230. The molecular formula is C4H3F3S2. The van der Waals surface area contributed by atoms with Crippen LogP contribution >= 0.6 is 21.6 Å². The predicted octanol–water partition coefficient (Wildman–Crippen LogP) is 2.83. The highest BCUT2D eigenvalue weighted by atomic mass is 33.1. The van der Waals surface area contributed by atoms with Gasteiger partial charge in [-0.2, -0.15) is 13.2 Å². The SMILES string of the molecule is FC(F)(F)C1=CCSS1. The van der Waals surface area contributed by atoms with Crippen LogP contribution in [0.15, 0.2) is 11.0 Å². The lowest BCUT2D eigenvalue weighted by Gasteiger charge is -2.03. The van der Waals surface area contributed by atoms with Crippen LogP contribution in [-0.2, 0) is 0 Å². The van der Waals surface area contributed by atoms with Gasteiger partial charge >= 0.3 is 6.18 Å². The molecule has 0 aromatic carbocycles. The summed E-state index contributed by atoms with van der Waals surface area (Å²) in [5, 5.41) is 0. The number of hydrogen-bond acceptors (Lipinski definition) is 2. The fraction of sp³-hybridized carbons (Fsp3) is 0.500. The van der Waals surface area contributed by atoms with Crippen molar-refractivity contribution in [2.24, 2.45) is 0 Å². The second kappa shape index (κ2) is 2.46. The molecule has 0 N–H and O–H groups in total. The van der Waals surface area contributed by atoms with Crippen LogP contribution < -0.4 is 0 Å². The average molecular weight is 172 g/mol. The topological polar surface area (TPSA) is 0 Å². The summed E-state index contributed by atoms with van der Waals surface area (Å²) in [6.07, 6.45) is -2.91. The van der Waals surface area contributed by atoms with Gasteiger partial charge in [0.1, 0.15) is 0 Å². The van der Waals surface area contributed by atoms with Crippen molar-refractivity contribution in [3.8, 4) is 0 Å². The summed E-state index contributed by atoms with van der Waals surface area (Å²) in [5.41, 5.74) is 0. The van der Waals surface area contributed by atoms with Crippen LogP contribution in [0.5, 0.6) is 0 Å². The van der Waals surface area contributed by atoms with E-state index in [2.05, 4.69) is 0 Å². The Bertz CT molecular complexity index is 137. The molecule has 0 aromatic rings. The van der Waals surface area contributed by atoms with E-state index >= 15 is 0 Å². The van der Waals surface area contributed by atoms with Crippen LogP contribution in [0.4, 0.5) is 13.2 Å². The maximum atomic E-state index is 11.7. The lowest BCUT2D eigenvalue weighted by atomic mass is 10.5. The molecule has 0 bridgehead atoms. The molecular weight excluding hydrogens is 169 g/mol. The normalized spacial score (nSPS) is 20.1. The minimum atomic E-state index is -4.12. The highest BCUT2D eigenvalue weighted by Crippen LogP contribution is 2.45. The zero-order chi connectivity index (χ0) is 6.91. The molecule has 0 spiro atoms. The summed E-state index contributed by atoms with van der Waals surface area (Å²) in [4.78, 5) is -0.465. The van der Waals surface area contributed by atoms with Gasteiger partial charge in [-0.25, -0.2) is 0 Å². The van der Waals surface area contributed by atoms with Crippen molar-refractivity contribution < 1.29 is 13.2 Å². The molecule has 1 aliphatic rings. The van der Waals surface area contributed by atoms with Crippen molar-refractivity contribution in [2.45, 2.75) is 6.18 Å². The van der Waals surface area contributed by atoms with E-state index in [-0.39, 0.29) is 0 Å². The van der Waals surface area contributed by atoms with Gasteiger partial charge in [0.15, 0.2) is 0 Å². The van der Waals surface area contributed by atoms with Gasteiger partial charge in [-0.15, -0.1) is 0 Å². The number of allylic oxidation sites excluding steroid dienone is 1. The fourth-order valence-corrected chi connectivity index (χ4v) is 2.46. The maximum absolute atomic E-state index is 11.7. The third kappa shape index (κ3) is 1.82. The molecule has 0 nitrogen and oxygen atoms in total. The minimum Gasteiger partial charge on any atom is -0.166 e. The molecule has 52 valence electrons. The van der Waals surface area contributed by atoms with Gasteiger partial charge in [0.05, 0.1) is 4.91 Å². The number of hydrogen-bond donors (Lipinski definition) is 0. The Morgan fingerprint density at radius 1 is 1.44 bits per heavy atom. The van der Waals surface area contributed by atoms with E-state index in [1.54, 1.807) is 0 Å². The van der Waals surface area contributed by atoms with E-state index in [4.69, 9.17) is 0 Å². The second-order valence-corrected chi connectivity index (χ2v) is 3.82. The molecule has 1 aliphatic heterocycles. The van der Waals surface area contributed by atoms with E-state index in [0.717, 1.165) is 10.8 Å².